The van der Waals surface area contributed by atoms with E-state index >= 15 is 0 Å². The Morgan fingerprint density at radius 3 is 2.54 bits per heavy atom. The van der Waals surface area contributed by atoms with Gasteiger partial charge in [0.2, 0.25) is 0 Å². The van der Waals surface area contributed by atoms with Crippen molar-refractivity contribution in [2.24, 2.45) is 5.41 Å². The zero-order valence-electron chi connectivity index (χ0n) is 17.1. The lowest BCUT2D eigenvalue weighted by atomic mass is 9.63. The van der Waals surface area contributed by atoms with Crippen LogP contribution in [0.4, 0.5) is 4.39 Å². The number of rotatable bonds is 10. The van der Waals surface area contributed by atoms with E-state index in [0.717, 1.165) is 12.8 Å². The summed E-state index contributed by atoms with van der Waals surface area (Å²) in [7, 11) is 0. The van der Waals surface area contributed by atoms with Gasteiger partial charge in [0, 0.05) is 0 Å². The highest BCUT2D eigenvalue weighted by Gasteiger charge is 2.36. The van der Waals surface area contributed by atoms with Crippen molar-refractivity contribution in [3.63, 3.8) is 0 Å². The molecule has 0 amide bonds. The van der Waals surface area contributed by atoms with Crippen LogP contribution in [0.2, 0.25) is 0 Å². The lowest BCUT2D eigenvalue weighted by Gasteiger charge is -2.42. The quantitative estimate of drug-likeness (QED) is 0.293. The standard InChI is InChI=1S/C23H31F.C2H6/c1-3-5-11-20(4-2)12-7-6-8-15-23(16-10-17-23)19-21-13-9-14-22(24)18-21;1-2/h3-5,9,11,13-14,18H,1,6-8,10,12,15-17,19H2,2H3;1-2H3/b11-5-,20-4+;. The van der Waals surface area contributed by atoms with E-state index in [2.05, 4.69) is 31.7 Å². The van der Waals surface area contributed by atoms with E-state index in [4.69, 9.17) is 0 Å². The van der Waals surface area contributed by atoms with E-state index in [1.807, 2.05) is 32.1 Å². The Bertz CT molecular complexity index is 576. The second-order valence-corrected chi connectivity index (χ2v) is 7.18. The van der Waals surface area contributed by atoms with Crippen LogP contribution < -0.4 is 0 Å². The zero-order chi connectivity index (χ0) is 19.3. The third-order valence-corrected chi connectivity index (χ3v) is 5.37. The van der Waals surface area contributed by atoms with Gasteiger partial charge in [0.15, 0.2) is 0 Å². The van der Waals surface area contributed by atoms with Crippen LogP contribution in [0.1, 0.15) is 77.7 Å². The molecule has 1 aliphatic rings. The maximum Gasteiger partial charge on any atom is 0.123 e. The molecule has 26 heavy (non-hydrogen) atoms. The second-order valence-electron chi connectivity index (χ2n) is 7.18. The van der Waals surface area contributed by atoms with Crippen molar-refractivity contribution in [3.05, 3.63) is 72.1 Å². The minimum absolute atomic E-state index is 0.103. The summed E-state index contributed by atoms with van der Waals surface area (Å²) in [5.74, 6) is -0.103. The van der Waals surface area contributed by atoms with Crippen LogP contribution in [0, 0.1) is 11.2 Å². The summed E-state index contributed by atoms with van der Waals surface area (Å²) >= 11 is 0. The van der Waals surface area contributed by atoms with Gasteiger partial charge in [-0.25, -0.2) is 4.39 Å². The molecule has 2 rings (SSSR count). The minimum atomic E-state index is -0.103. The first kappa shape index (κ1) is 22.4. The Morgan fingerprint density at radius 2 is 1.96 bits per heavy atom. The number of unbranched alkanes of at least 4 members (excludes halogenated alkanes) is 2. The van der Waals surface area contributed by atoms with Crippen molar-refractivity contribution in [3.8, 4) is 0 Å². The Hall–Kier alpha value is -1.63. The van der Waals surface area contributed by atoms with Crippen molar-refractivity contribution in [2.45, 2.75) is 78.6 Å². The first-order valence-electron chi connectivity index (χ1n) is 10.4. The second kappa shape index (κ2) is 12.7. The topological polar surface area (TPSA) is 0 Å². The Labute approximate surface area is 160 Å². The van der Waals surface area contributed by atoms with Gasteiger partial charge in [-0.05, 0) is 68.6 Å². The van der Waals surface area contributed by atoms with Crippen LogP contribution >= 0.6 is 0 Å². The largest absolute Gasteiger partial charge is 0.207 e. The first-order chi connectivity index (χ1) is 12.7. The molecule has 1 heteroatoms. The van der Waals surface area contributed by atoms with Gasteiger partial charge in [0.05, 0.1) is 0 Å². The SMILES string of the molecule is C=C/C=C\C(=C/C)CCCCCC1(Cc2cccc(F)c2)CCC1.CC. The molecule has 1 aromatic rings. The monoisotopic (exact) mass is 356 g/mol. The predicted molar refractivity (Wildman–Crippen MR) is 114 cm³/mol. The molecule has 0 radical (unpaired) electrons. The third-order valence-electron chi connectivity index (χ3n) is 5.37. The van der Waals surface area contributed by atoms with Crippen LogP contribution in [-0.4, -0.2) is 0 Å². The normalized spacial score (nSPS) is 15.9. The van der Waals surface area contributed by atoms with Crippen LogP contribution in [0.3, 0.4) is 0 Å². The smallest absolute Gasteiger partial charge is 0.123 e. The third kappa shape index (κ3) is 7.72. The van der Waals surface area contributed by atoms with Crippen molar-refractivity contribution in [1.82, 2.24) is 0 Å². The molecule has 1 aliphatic carbocycles. The fraction of sp³-hybridized carbons (Fsp3) is 0.520. The summed E-state index contributed by atoms with van der Waals surface area (Å²) in [5, 5.41) is 0. The Kier molecular flexibility index (Phi) is 10.9. The molecule has 0 aliphatic heterocycles. The summed E-state index contributed by atoms with van der Waals surface area (Å²) < 4.78 is 13.4. The fourth-order valence-corrected chi connectivity index (χ4v) is 3.79. The Balaban J connectivity index is 0.00000163. The summed E-state index contributed by atoms with van der Waals surface area (Å²) in [6.07, 6.45) is 19.5. The van der Waals surface area contributed by atoms with E-state index in [-0.39, 0.29) is 5.82 Å². The van der Waals surface area contributed by atoms with Gasteiger partial charge in [-0.1, -0.05) is 81.7 Å². The molecular weight excluding hydrogens is 319 g/mol. The van der Waals surface area contributed by atoms with Crippen molar-refractivity contribution >= 4 is 0 Å². The molecule has 1 aromatic carbocycles. The fourth-order valence-electron chi connectivity index (χ4n) is 3.79. The zero-order valence-corrected chi connectivity index (χ0v) is 17.1. The molecule has 0 nitrogen and oxygen atoms in total. The highest BCUT2D eigenvalue weighted by Crippen LogP contribution is 2.47. The highest BCUT2D eigenvalue weighted by atomic mass is 19.1. The van der Waals surface area contributed by atoms with Crippen molar-refractivity contribution in [2.75, 3.05) is 0 Å². The van der Waals surface area contributed by atoms with Gasteiger partial charge < -0.3 is 0 Å². The molecule has 0 atom stereocenters. The molecule has 0 spiro atoms. The number of halogens is 1. The number of hydrogen-bond acceptors (Lipinski definition) is 0. The molecular formula is C25H37F. The van der Waals surface area contributed by atoms with Crippen LogP contribution in [0.25, 0.3) is 0 Å². The molecule has 0 saturated heterocycles. The lowest BCUT2D eigenvalue weighted by Crippen LogP contribution is -2.31. The predicted octanol–water partition coefficient (Wildman–Crippen LogP) is 8.20. The average Bonchev–Trinajstić information content (AvgIpc) is 2.63. The van der Waals surface area contributed by atoms with Crippen LogP contribution in [0.15, 0.2) is 60.7 Å². The summed E-state index contributed by atoms with van der Waals surface area (Å²) in [4.78, 5) is 0. The van der Waals surface area contributed by atoms with Gasteiger partial charge in [0.25, 0.3) is 0 Å². The number of allylic oxidation sites excluding steroid dienone is 5. The number of benzene rings is 1. The molecule has 0 N–H and O–H groups in total. The Morgan fingerprint density at radius 1 is 1.19 bits per heavy atom. The van der Waals surface area contributed by atoms with Gasteiger partial charge >= 0.3 is 0 Å². The van der Waals surface area contributed by atoms with E-state index in [1.165, 1.54) is 62.1 Å². The highest BCUT2D eigenvalue weighted by molar-refractivity contribution is 5.21. The summed E-state index contributed by atoms with van der Waals surface area (Å²) in [6, 6.07) is 7.17. The van der Waals surface area contributed by atoms with E-state index in [1.54, 1.807) is 6.07 Å². The summed E-state index contributed by atoms with van der Waals surface area (Å²) in [5.41, 5.74) is 3.01. The first-order valence-corrected chi connectivity index (χ1v) is 10.4. The van der Waals surface area contributed by atoms with Crippen molar-refractivity contribution in [1.29, 1.82) is 0 Å². The van der Waals surface area contributed by atoms with Gasteiger partial charge in [0.1, 0.15) is 5.82 Å². The van der Waals surface area contributed by atoms with Crippen LogP contribution in [0.5, 0.6) is 0 Å². The minimum Gasteiger partial charge on any atom is -0.207 e. The van der Waals surface area contributed by atoms with Crippen molar-refractivity contribution < 1.29 is 4.39 Å². The van der Waals surface area contributed by atoms with Gasteiger partial charge in [-0.2, -0.15) is 0 Å². The van der Waals surface area contributed by atoms with E-state index < -0.39 is 0 Å². The summed E-state index contributed by atoms with van der Waals surface area (Å²) in [6.45, 7) is 9.82. The van der Waals surface area contributed by atoms with Crippen LogP contribution in [-0.2, 0) is 6.42 Å². The van der Waals surface area contributed by atoms with E-state index in [0.29, 0.717) is 5.41 Å². The molecule has 0 heterocycles. The molecule has 1 saturated carbocycles. The molecule has 0 bridgehead atoms. The molecule has 144 valence electrons. The molecule has 1 fully saturated rings. The average molecular weight is 357 g/mol. The van der Waals surface area contributed by atoms with Gasteiger partial charge in [-0.3, -0.25) is 0 Å². The molecule has 0 unspecified atom stereocenters. The maximum atomic E-state index is 13.4. The molecule has 0 aromatic heterocycles. The van der Waals surface area contributed by atoms with Gasteiger partial charge in [-0.15, -0.1) is 0 Å². The number of hydrogen-bond donors (Lipinski definition) is 0. The van der Waals surface area contributed by atoms with E-state index in [9.17, 15) is 4.39 Å². The lowest BCUT2D eigenvalue weighted by molar-refractivity contribution is 0.115. The maximum absolute atomic E-state index is 13.4.